The molecule has 102 valence electrons. The van der Waals surface area contributed by atoms with Gasteiger partial charge in [0.2, 0.25) is 18.2 Å². The first kappa shape index (κ1) is 13.5. The summed E-state index contributed by atoms with van der Waals surface area (Å²) in [7, 11) is 0. The minimum Gasteiger partial charge on any atom is -0.343 e. The summed E-state index contributed by atoms with van der Waals surface area (Å²) < 4.78 is 24.7. The molecule has 4 nitrogen and oxygen atoms in total. The van der Waals surface area contributed by atoms with E-state index in [1.165, 1.54) is 4.90 Å². The Morgan fingerprint density at radius 2 is 1.95 bits per heavy atom. The Morgan fingerprint density at radius 1 is 1.26 bits per heavy atom. The maximum Gasteiger partial charge on any atom is 0.246 e. The fourth-order valence-electron chi connectivity index (χ4n) is 2.05. The van der Waals surface area contributed by atoms with Crippen LogP contribution in [0.4, 0.5) is 8.78 Å². The number of halogens is 2. The Hall–Kier alpha value is -1.98. The van der Waals surface area contributed by atoms with Gasteiger partial charge in [-0.3, -0.25) is 9.59 Å². The van der Waals surface area contributed by atoms with E-state index < -0.39 is 30.7 Å². The van der Waals surface area contributed by atoms with Gasteiger partial charge in [-0.15, -0.1) is 0 Å². The van der Waals surface area contributed by atoms with Gasteiger partial charge in [-0.05, 0) is 5.56 Å². The molecule has 1 fully saturated rings. The summed E-state index contributed by atoms with van der Waals surface area (Å²) in [5, 5.41) is 2.30. The molecule has 1 saturated heterocycles. The van der Waals surface area contributed by atoms with Gasteiger partial charge in [0.05, 0.1) is 6.54 Å². The molecule has 0 radical (unpaired) electrons. The third kappa shape index (κ3) is 3.49. The predicted octanol–water partition coefficient (Wildman–Crippen LogP) is 1.17. The zero-order valence-corrected chi connectivity index (χ0v) is 10.2. The van der Waals surface area contributed by atoms with E-state index in [1.54, 1.807) is 0 Å². The molecule has 0 saturated carbocycles. The summed E-state index contributed by atoms with van der Waals surface area (Å²) in [5.41, 5.74) is 0.862. The van der Waals surface area contributed by atoms with Crippen LogP contribution < -0.4 is 5.32 Å². The quantitative estimate of drug-likeness (QED) is 0.891. The molecule has 1 N–H and O–H groups in total. The molecule has 1 aromatic carbocycles. The molecule has 1 aliphatic heterocycles. The molecule has 0 bridgehead atoms. The fourth-order valence-corrected chi connectivity index (χ4v) is 2.05. The number of carbonyl (C=O) groups excluding carboxylic acids is 2. The van der Waals surface area contributed by atoms with Crippen molar-refractivity contribution in [3.05, 3.63) is 35.9 Å². The van der Waals surface area contributed by atoms with Gasteiger partial charge in [0.25, 0.3) is 0 Å². The maximum absolute atomic E-state index is 12.4. The van der Waals surface area contributed by atoms with E-state index in [-0.39, 0.29) is 13.1 Å². The molecule has 6 heteroatoms. The van der Waals surface area contributed by atoms with Crippen LogP contribution in [0.25, 0.3) is 0 Å². The molecule has 0 spiro atoms. The van der Waals surface area contributed by atoms with Crippen LogP contribution in [-0.4, -0.2) is 35.7 Å². The highest BCUT2D eigenvalue weighted by Gasteiger charge is 2.34. The van der Waals surface area contributed by atoms with E-state index in [1.807, 2.05) is 30.3 Å². The van der Waals surface area contributed by atoms with Crippen LogP contribution in [0.1, 0.15) is 12.0 Å². The maximum atomic E-state index is 12.4. The van der Waals surface area contributed by atoms with Crippen molar-refractivity contribution in [3.63, 3.8) is 0 Å². The van der Waals surface area contributed by atoms with Crippen LogP contribution in [0.5, 0.6) is 0 Å². The number of rotatable bonds is 4. The SMILES string of the molecule is O=C1CN(Cc2ccccc2)C(=O)C(CC(F)F)N1. The van der Waals surface area contributed by atoms with Gasteiger partial charge in [-0.1, -0.05) is 30.3 Å². The molecule has 1 aliphatic rings. The van der Waals surface area contributed by atoms with Gasteiger partial charge < -0.3 is 10.2 Å². The molecule has 1 heterocycles. The van der Waals surface area contributed by atoms with Crippen molar-refractivity contribution in [1.82, 2.24) is 10.2 Å². The smallest absolute Gasteiger partial charge is 0.246 e. The highest BCUT2D eigenvalue weighted by molar-refractivity contribution is 5.94. The number of nitrogens with one attached hydrogen (secondary N) is 1. The minimum atomic E-state index is -2.62. The van der Waals surface area contributed by atoms with E-state index in [2.05, 4.69) is 5.32 Å². The Kier molecular flexibility index (Phi) is 4.09. The first-order valence-electron chi connectivity index (χ1n) is 5.96. The van der Waals surface area contributed by atoms with Crippen molar-refractivity contribution < 1.29 is 18.4 Å². The Morgan fingerprint density at radius 3 is 2.58 bits per heavy atom. The van der Waals surface area contributed by atoms with Gasteiger partial charge in [-0.25, -0.2) is 8.78 Å². The van der Waals surface area contributed by atoms with E-state index in [9.17, 15) is 18.4 Å². The van der Waals surface area contributed by atoms with Crippen LogP contribution in [0, 0.1) is 0 Å². The predicted molar refractivity (Wildman–Crippen MR) is 64.4 cm³/mol. The second-order valence-corrected chi connectivity index (χ2v) is 4.43. The molecule has 19 heavy (non-hydrogen) atoms. The number of carbonyl (C=O) groups is 2. The number of amides is 2. The van der Waals surface area contributed by atoms with Crippen molar-refractivity contribution >= 4 is 11.8 Å². The molecule has 2 rings (SSSR count). The molecule has 0 aliphatic carbocycles. The van der Waals surface area contributed by atoms with Gasteiger partial charge >= 0.3 is 0 Å². The third-order valence-corrected chi connectivity index (χ3v) is 2.91. The van der Waals surface area contributed by atoms with Crippen molar-refractivity contribution in [2.45, 2.75) is 25.4 Å². The van der Waals surface area contributed by atoms with E-state index >= 15 is 0 Å². The van der Waals surface area contributed by atoms with E-state index in [4.69, 9.17) is 0 Å². The number of hydrogen-bond donors (Lipinski definition) is 1. The lowest BCUT2D eigenvalue weighted by atomic mass is 10.1. The topological polar surface area (TPSA) is 49.4 Å². The van der Waals surface area contributed by atoms with Crippen LogP contribution in [0.3, 0.4) is 0 Å². The Labute approximate surface area is 109 Å². The van der Waals surface area contributed by atoms with Crippen LogP contribution in [0.15, 0.2) is 30.3 Å². The van der Waals surface area contributed by atoms with Crippen LogP contribution >= 0.6 is 0 Å². The highest BCUT2D eigenvalue weighted by atomic mass is 19.3. The van der Waals surface area contributed by atoms with Gasteiger partial charge in [0, 0.05) is 13.0 Å². The van der Waals surface area contributed by atoms with E-state index in [0.29, 0.717) is 0 Å². The zero-order valence-electron chi connectivity index (χ0n) is 10.2. The lowest BCUT2D eigenvalue weighted by Crippen LogP contribution is -2.58. The number of benzene rings is 1. The normalized spacial score (nSPS) is 19.7. The summed E-state index contributed by atoms with van der Waals surface area (Å²) in [5.74, 6) is -0.857. The minimum absolute atomic E-state index is 0.0898. The summed E-state index contributed by atoms with van der Waals surface area (Å²) in [6, 6.07) is 8.00. The number of alkyl halides is 2. The van der Waals surface area contributed by atoms with Crippen molar-refractivity contribution in [2.75, 3.05) is 6.54 Å². The van der Waals surface area contributed by atoms with Gasteiger partial charge in [0.1, 0.15) is 6.04 Å². The van der Waals surface area contributed by atoms with Gasteiger partial charge in [0.15, 0.2) is 0 Å². The number of hydrogen-bond acceptors (Lipinski definition) is 2. The average molecular weight is 268 g/mol. The molecule has 1 unspecified atom stereocenters. The molecule has 0 aromatic heterocycles. The summed E-state index contributed by atoms with van der Waals surface area (Å²) in [6.45, 7) is 0.167. The standard InChI is InChI=1S/C13H14F2N2O2/c14-11(15)6-10-13(19)17(8-12(18)16-10)7-9-4-2-1-3-5-9/h1-5,10-11H,6-8H2,(H,16,18). The summed E-state index contributed by atoms with van der Waals surface area (Å²) >= 11 is 0. The molecular formula is C13H14F2N2O2. The molecule has 1 atom stereocenters. The van der Waals surface area contributed by atoms with Gasteiger partial charge in [-0.2, -0.15) is 0 Å². The number of piperazine rings is 1. The van der Waals surface area contributed by atoms with Crippen molar-refractivity contribution in [1.29, 1.82) is 0 Å². The Bertz CT molecular complexity index is 465. The molecular weight excluding hydrogens is 254 g/mol. The Balaban J connectivity index is 2.07. The molecule has 2 amide bonds. The lowest BCUT2D eigenvalue weighted by Gasteiger charge is -2.32. The number of nitrogens with zero attached hydrogens (tertiary/aromatic N) is 1. The van der Waals surface area contributed by atoms with Crippen LogP contribution in [0.2, 0.25) is 0 Å². The zero-order chi connectivity index (χ0) is 13.8. The monoisotopic (exact) mass is 268 g/mol. The first-order chi connectivity index (χ1) is 9.06. The fraction of sp³-hybridized carbons (Fsp3) is 0.385. The summed E-state index contributed by atoms with van der Waals surface area (Å²) in [4.78, 5) is 24.7. The van der Waals surface area contributed by atoms with Crippen molar-refractivity contribution in [3.8, 4) is 0 Å². The second-order valence-electron chi connectivity index (χ2n) is 4.43. The van der Waals surface area contributed by atoms with Crippen molar-refractivity contribution in [2.24, 2.45) is 0 Å². The first-order valence-corrected chi connectivity index (χ1v) is 5.96. The second kappa shape index (κ2) is 5.77. The summed E-state index contributed by atoms with van der Waals surface area (Å²) in [6.07, 6.45) is -3.26. The molecule has 1 aromatic rings. The lowest BCUT2D eigenvalue weighted by molar-refractivity contribution is -0.146. The van der Waals surface area contributed by atoms with E-state index in [0.717, 1.165) is 5.56 Å². The average Bonchev–Trinajstić information content (AvgIpc) is 2.35. The largest absolute Gasteiger partial charge is 0.343 e. The highest BCUT2D eigenvalue weighted by Crippen LogP contribution is 2.13. The van der Waals surface area contributed by atoms with Crippen LogP contribution in [-0.2, 0) is 16.1 Å². The third-order valence-electron chi connectivity index (χ3n) is 2.91.